The summed E-state index contributed by atoms with van der Waals surface area (Å²) in [6.07, 6.45) is 0. The molecule has 0 unspecified atom stereocenters. The van der Waals surface area contributed by atoms with Gasteiger partial charge in [-0.05, 0) is 29.8 Å². The number of carbonyl (C=O) groups excluding carboxylic acids is 2. The highest BCUT2D eigenvalue weighted by Crippen LogP contribution is 2.22. The summed E-state index contributed by atoms with van der Waals surface area (Å²) in [4.78, 5) is 33.8. The highest BCUT2D eigenvalue weighted by atomic mass is 16.6. The van der Waals surface area contributed by atoms with Gasteiger partial charge in [-0.15, -0.1) is 0 Å². The van der Waals surface area contributed by atoms with Crippen LogP contribution in [0, 0.1) is 10.1 Å². The van der Waals surface area contributed by atoms with Crippen LogP contribution < -0.4 is 15.8 Å². The maximum Gasteiger partial charge on any atom is 0.338 e. The van der Waals surface area contributed by atoms with Gasteiger partial charge in [-0.1, -0.05) is 12.1 Å². The van der Waals surface area contributed by atoms with Gasteiger partial charge in [-0.2, -0.15) is 0 Å². The van der Waals surface area contributed by atoms with Gasteiger partial charge in [0.25, 0.3) is 11.6 Å². The average Bonchev–Trinajstić information content (AvgIpc) is 2.64. The van der Waals surface area contributed by atoms with Crippen LogP contribution in [-0.4, -0.2) is 30.5 Å². The molecule has 0 saturated carbocycles. The van der Waals surface area contributed by atoms with Crippen molar-refractivity contribution < 1.29 is 24.0 Å². The first-order chi connectivity index (χ1) is 12.4. The minimum atomic E-state index is -0.857. The van der Waals surface area contributed by atoms with E-state index in [1.54, 1.807) is 25.3 Å². The number of nitrogen functional groups attached to an aromatic ring is 1. The zero-order valence-electron chi connectivity index (χ0n) is 13.9. The topological polar surface area (TPSA) is 134 Å². The second kappa shape index (κ2) is 8.47. The maximum atomic E-state index is 11.9. The predicted molar refractivity (Wildman–Crippen MR) is 92.6 cm³/mol. The second-order valence-electron chi connectivity index (χ2n) is 5.24. The van der Waals surface area contributed by atoms with Gasteiger partial charge in [0.2, 0.25) is 0 Å². The molecule has 0 aromatic heterocycles. The fraction of sp³-hybridized carbons (Fsp3) is 0.176. The Bertz CT molecular complexity index is 837. The number of methoxy groups -OCH3 is 1. The lowest BCUT2D eigenvalue weighted by atomic mass is 10.2. The first-order valence-electron chi connectivity index (χ1n) is 7.51. The van der Waals surface area contributed by atoms with Crippen LogP contribution in [0.2, 0.25) is 0 Å². The number of carbonyl (C=O) groups is 2. The molecule has 0 radical (unpaired) electrons. The van der Waals surface area contributed by atoms with Crippen molar-refractivity contribution in [1.29, 1.82) is 0 Å². The lowest BCUT2D eigenvalue weighted by molar-refractivity contribution is -0.383. The summed E-state index contributed by atoms with van der Waals surface area (Å²) in [6.45, 7) is -0.276. The van der Waals surface area contributed by atoms with Crippen LogP contribution in [0.5, 0.6) is 5.75 Å². The van der Waals surface area contributed by atoms with Gasteiger partial charge in [0, 0.05) is 12.6 Å². The Kier molecular flexibility index (Phi) is 6.10. The van der Waals surface area contributed by atoms with E-state index in [2.05, 4.69) is 5.32 Å². The van der Waals surface area contributed by atoms with Gasteiger partial charge >= 0.3 is 5.97 Å². The average molecular weight is 359 g/mol. The van der Waals surface area contributed by atoms with E-state index < -0.39 is 29.1 Å². The minimum absolute atomic E-state index is 0.0634. The van der Waals surface area contributed by atoms with Gasteiger partial charge in [0.15, 0.2) is 6.61 Å². The number of anilines is 1. The Morgan fingerprint density at radius 1 is 1.23 bits per heavy atom. The summed E-state index contributed by atoms with van der Waals surface area (Å²) in [5.74, 6) is -0.705. The van der Waals surface area contributed by atoms with E-state index >= 15 is 0 Å². The molecule has 0 saturated heterocycles. The number of nitrogens with two attached hydrogens (primary N) is 1. The van der Waals surface area contributed by atoms with E-state index in [1.165, 1.54) is 12.1 Å². The molecule has 136 valence electrons. The molecule has 26 heavy (non-hydrogen) atoms. The standard InChI is InChI=1S/C17H17N3O6/c1-25-13-4-2-3-11(7-13)9-19-16(21)10-26-17(22)12-5-6-14(18)15(8-12)20(23)24/h2-8H,9-10,18H2,1H3,(H,19,21). The molecule has 0 atom stereocenters. The van der Waals surface area contributed by atoms with Gasteiger partial charge in [-0.25, -0.2) is 4.79 Å². The lowest BCUT2D eigenvalue weighted by Crippen LogP contribution is -2.28. The van der Waals surface area contributed by atoms with Crippen molar-refractivity contribution >= 4 is 23.3 Å². The summed E-state index contributed by atoms with van der Waals surface area (Å²) in [5, 5.41) is 13.4. The molecule has 0 aliphatic rings. The zero-order chi connectivity index (χ0) is 19.1. The fourth-order valence-electron chi connectivity index (χ4n) is 2.08. The highest BCUT2D eigenvalue weighted by molar-refractivity contribution is 5.92. The molecule has 2 aromatic rings. The fourth-order valence-corrected chi connectivity index (χ4v) is 2.08. The number of nitro benzene ring substituents is 1. The van der Waals surface area contributed by atoms with Crippen molar-refractivity contribution in [1.82, 2.24) is 5.32 Å². The van der Waals surface area contributed by atoms with Gasteiger partial charge in [0.05, 0.1) is 17.6 Å². The molecule has 3 N–H and O–H groups in total. The third-order valence-electron chi connectivity index (χ3n) is 3.42. The van der Waals surface area contributed by atoms with Crippen LogP contribution in [-0.2, 0) is 16.1 Å². The smallest absolute Gasteiger partial charge is 0.338 e. The zero-order valence-corrected chi connectivity index (χ0v) is 13.9. The Hall–Kier alpha value is -3.62. The van der Waals surface area contributed by atoms with Crippen molar-refractivity contribution in [3.05, 3.63) is 63.7 Å². The summed E-state index contributed by atoms with van der Waals surface area (Å²) in [6, 6.07) is 10.7. The Labute approximate surface area is 148 Å². The molecule has 2 aromatic carbocycles. The molecule has 0 aliphatic heterocycles. The van der Waals surface area contributed by atoms with E-state index in [0.717, 1.165) is 11.6 Å². The lowest BCUT2D eigenvalue weighted by Gasteiger charge is -2.08. The van der Waals surface area contributed by atoms with E-state index in [-0.39, 0.29) is 17.8 Å². The van der Waals surface area contributed by atoms with E-state index in [4.69, 9.17) is 15.2 Å². The number of hydrogen-bond acceptors (Lipinski definition) is 7. The van der Waals surface area contributed by atoms with Crippen LogP contribution in [0.15, 0.2) is 42.5 Å². The minimum Gasteiger partial charge on any atom is -0.497 e. The second-order valence-corrected chi connectivity index (χ2v) is 5.24. The van der Waals surface area contributed by atoms with E-state index in [0.29, 0.717) is 5.75 Å². The molecule has 0 aliphatic carbocycles. The van der Waals surface area contributed by atoms with Crippen LogP contribution in [0.25, 0.3) is 0 Å². The number of nitrogens with zero attached hydrogens (tertiary/aromatic N) is 1. The van der Waals surface area contributed by atoms with Crippen molar-refractivity contribution in [2.24, 2.45) is 0 Å². The first kappa shape index (κ1) is 18.7. The Balaban J connectivity index is 1.87. The summed E-state index contributed by atoms with van der Waals surface area (Å²) in [5.41, 5.74) is 5.75. The van der Waals surface area contributed by atoms with Crippen molar-refractivity contribution in [3.63, 3.8) is 0 Å². The summed E-state index contributed by atoms with van der Waals surface area (Å²) in [7, 11) is 1.54. The van der Waals surface area contributed by atoms with Crippen LogP contribution in [0.4, 0.5) is 11.4 Å². The Morgan fingerprint density at radius 3 is 2.69 bits per heavy atom. The number of benzene rings is 2. The molecule has 1 amide bonds. The number of nitro groups is 1. The van der Waals surface area contributed by atoms with Crippen molar-refractivity contribution in [3.8, 4) is 5.75 Å². The molecule has 2 rings (SSSR count). The third kappa shape index (κ3) is 4.94. The summed E-state index contributed by atoms with van der Waals surface area (Å²) >= 11 is 0. The molecule has 0 heterocycles. The van der Waals surface area contributed by atoms with Crippen molar-refractivity contribution in [2.45, 2.75) is 6.54 Å². The van der Waals surface area contributed by atoms with Gasteiger partial charge < -0.3 is 20.5 Å². The van der Waals surface area contributed by atoms with Crippen LogP contribution in [0.1, 0.15) is 15.9 Å². The largest absolute Gasteiger partial charge is 0.497 e. The quantitative estimate of drug-likeness (QED) is 0.332. The number of nitrogens with one attached hydrogen (secondary N) is 1. The Morgan fingerprint density at radius 2 is 2.00 bits per heavy atom. The van der Waals surface area contributed by atoms with E-state index in [9.17, 15) is 19.7 Å². The highest BCUT2D eigenvalue weighted by Gasteiger charge is 2.17. The van der Waals surface area contributed by atoms with E-state index in [1.807, 2.05) is 6.07 Å². The molecule has 9 heteroatoms. The van der Waals surface area contributed by atoms with Gasteiger partial charge in [0.1, 0.15) is 11.4 Å². The number of amides is 1. The molecular weight excluding hydrogens is 342 g/mol. The van der Waals surface area contributed by atoms with Crippen LogP contribution >= 0.6 is 0 Å². The number of hydrogen-bond donors (Lipinski definition) is 2. The molecule has 0 spiro atoms. The monoisotopic (exact) mass is 359 g/mol. The SMILES string of the molecule is COc1cccc(CNC(=O)COC(=O)c2ccc(N)c([N+](=O)[O-])c2)c1. The molecular formula is C17H17N3O6. The maximum absolute atomic E-state index is 11.9. The third-order valence-corrected chi connectivity index (χ3v) is 3.42. The number of ether oxygens (including phenoxy) is 2. The van der Waals surface area contributed by atoms with Crippen molar-refractivity contribution in [2.75, 3.05) is 19.5 Å². The van der Waals surface area contributed by atoms with Crippen LogP contribution in [0.3, 0.4) is 0 Å². The summed E-state index contributed by atoms with van der Waals surface area (Å²) < 4.78 is 9.94. The first-order valence-corrected chi connectivity index (χ1v) is 7.51. The number of esters is 1. The molecule has 9 nitrogen and oxygen atoms in total. The normalized spacial score (nSPS) is 10.0. The van der Waals surface area contributed by atoms with Gasteiger partial charge in [-0.3, -0.25) is 14.9 Å². The molecule has 0 fully saturated rings. The number of rotatable bonds is 7. The molecule has 0 bridgehead atoms. The predicted octanol–water partition coefficient (Wildman–Crippen LogP) is 1.66.